The Morgan fingerprint density at radius 1 is 1.04 bits per heavy atom. The molecule has 4 rings (SSSR count). The summed E-state index contributed by atoms with van der Waals surface area (Å²) in [6.45, 7) is 3.78. The first-order valence-corrected chi connectivity index (χ1v) is 9.35. The van der Waals surface area contributed by atoms with Gasteiger partial charge in [-0.3, -0.25) is 4.79 Å². The molecule has 1 N–H and O–H groups in total. The monoisotopic (exact) mass is 375 g/mol. The van der Waals surface area contributed by atoms with Crippen molar-refractivity contribution in [3.8, 4) is 21.8 Å². The first-order valence-electron chi connectivity index (χ1n) is 8.47. The highest BCUT2D eigenvalue weighted by molar-refractivity contribution is 7.13. The van der Waals surface area contributed by atoms with Crippen molar-refractivity contribution in [3.05, 3.63) is 77.0 Å². The molecular weight excluding hydrogens is 358 g/mol. The predicted octanol–water partition coefficient (Wildman–Crippen LogP) is 5.33. The molecule has 2 aromatic heterocycles. The third kappa shape index (κ3) is 3.52. The molecule has 4 aromatic rings. The summed E-state index contributed by atoms with van der Waals surface area (Å²) in [6.07, 6.45) is 0. The molecule has 0 bridgehead atoms. The zero-order valence-corrected chi connectivity index (χ0v) is 15.7. The maximum atomic E-state index is 12.7. The van der Waals surface area contributed by atoms with Crippen LogP contribution in [0.1, 0.15) is 21.8 Å². The minimum atomic E-state index is -0.319. The summed E-state index contributed by atoms with van der Waals surface area (Å²) < 4.78 is 5.30. The fourth-order valence-corrected chi connectivity index (χ4v) is 3.57. The number of amides is 1. The minimum Gasteiger partial charge on any atom is -0.360 e. The molecule has 0 atom stereocenters. The summed E-state index contributed by atoms with van der Waals surface area (Å²) in [7, 11) is 0. The van der Waals surface area contributed by atoms with Crippen molar-refractivity contribution in [2.24, 2.45) is 0 Å². The standard InChI is InChI=1S/C21H17N3O2S/c1-13-8-10-16(11-9-13)22-20(25)19-18(14(2)26-24-19)17-12-27-21(23-17)15-6-4-3-5-7-15/h3-12H,1-2H3,(H,22,25). The molecule has 2 aromatic carbocycles. The highest BCUT2D eigenvalue weighted by atomic mass is 32.1. The van der Waals surface area contributed by atoms with E-state index >= 15 is 0 Å². The number of rotatable bonds is 4. The van der Waals surface area contributed by atoms with Gasteiger partial charge in [-0.05, 0) is 26.0 Å². The first-order chi connectivity index (χ1) is 13.1. The molecule has 5 nitrogen and oxygen atoms in total. The summed E-state index contributed by atoms with van der Waals surface area (Å²) in [4.78, 5) is 17.4. The van der Waals surface area contributed by atoms with Gasteiger partial charge in [-0.2, -0.15) is 0 Å². The lowest BCUT2D eigenvalue weighted by Crippen LogP contribution is -2.13. The van der Waals surface area contributed by atoms with Gasteiger partial charge in [-0.15, -0.1) is 11.3 Å². The smallest absolute Gasteiger partial charge is 0.278 e. The quantitative estimate of drug-likeness (QED) is 0.523. The van der Waals surface area contributed by atoms with Crippen LogP contribution in [0.25, 0.3) is 21.8 Å². The molecule has 0 saturated heterocycles. The maximum Gasteiger partial charge on any atom is 0.278 e. The van der Waals surface area contributed by atoms with E-state index in [9.17, 15) is 4.79 Å². The fraction of sp³-hybridized carbons (Fsp3) is 0.0952. The first kappa shape index (κ1) is 17.2. The number of aromatic nitrogens is 2. The van der Waals surface area contributed by atoms with Crippen LogP contribution in [-0.2, 0) is 0 Å². The van der Waals surface area contributed by atoms with Crippen LogP contribution < -0.4 is 5.32 Å². The Bertz CT molecular complexity index is 1080. The van der Waals surface area contributed by atoms with Gasteiger partial charge in [0.05, 0.1) is 11.3 Å². The lowest BCUT2D eigenvalue weighted by atomic mass is 10.1. The lowest BCUT2D eigenvalue weighted by Gasteiger charge is -2.04. The zero-order valence-electron chi connectivity index (χ0n) is 14.9. The van der Waals surface area contributed by atoms with Gasteiger partial charge in [0.1, 0.15) is 10.8 Å². The van der Waals surface area contributed by atoms with E-state index in [0.717, 1.165) is 16.1 Å². The van der Waals surface area contributed by atoms with Crippen molar-refractivity contribution in [2.75, 3.05) is 5.32 Å². The minimum absolute atomic E-state index is 0.234. The van der Waals surface area contributed by atoms with E-state index in [1.165, 1.54) is 11.3 Å². The average molecular weight is 375 g/mol. The number of carbonyl (C=O) groups is 1. The van der Waals surface area contributed by atoms with Gasteiger partial charge in [0, 0.05) is 16.6 Å². The molecule has 0 radical (unpaired) electrons. The number of benzene rings is 2. The number of nitrogens with zero attached hydrogens (tertiary/aromatic N) is 2. The SMILES string of the molecule is Cc1ccc(NC(=O)c2noc(C)c2-c2csc(-c3ccccc3)n2)cc1. The molecule has 0 aliphatic rings. The fourth-order valence-electron chi connectivity index (χ4n) is 2.76. The van der Waals surface area contributed by atoms with Crippen molar-refractivity contribution in [3.63, 3.8) is 0 Å². The summed E-state index contributed by atoms with van der Waals surface area (Å²) in [5.41, 5.74) is 4.42. The molecule has 134 valence electrons. The number of thiazole rings is 1. The third-order valence-corrected chi connectivity index (χ3v) is 5.06. The van der Waals surface area contributed by atoms with Crippen LogP contribution in [0, 0.1) is 13.8 Å². The zero-order chi connectivity index (χ0) is 18.8. The molecule has 2 heterocycles. The Balaban J connectivity index is 1.65. The Morgan fingerprint density at radius 2 is 1.78 bits per heavy atom. The van der Waals surface area contributed by atoms with Gasteiger partial charge in [-0.25, -0.2) is 4.98 Å². The second-order valence-corrected chi connectivity index (χ2v) is 7.04. The molecule has 0 unspecified atom stereocenters. The number of nitrogens with one attached hydrogen (secondary N) is 1. The summed E-state index contributed by atoms with van der Waals surface area (Å²) in [5.74, 6) is 0.244. The van der Waals surface area contributed by atoms with Crippen LogP contribution in [0.5, 0.6) is 0 Å². The van der Waals surface area contributed by atoms with E-state index in [4.69, 9.17) is 4.52 Å². The van der Waals surface area contributed by atoms with Gasteiger partial charge < -0.3 is 9.84 Å². The van der Waals surface area contributed by atoms with E-state index in [1.807, 2.05) is 66.9 Å². The average Bonchev–Trinajstić information content (AvgIpc) is 3.31. The van der Waals surface area contributed by atoms with Gasteiger partial charge in [0.2, 0.25) is 0 Å². The van der Waals surface area contributed by atoms with Crippen LogP contribution in [0.2, 0.25) is 0 Å². The van der Waals surface area contributed by atoms with Crippen LogP contribution in [0.4, 0.5) is 5.69 Å². The van der Waals surface area contributed by atoms with Crippen molar-refractivity contribution >= 4 is 22.9 Å². The lowest BCUT2D eigenvalue weighted by molar-refractivity contribution is 0.101. The van der Waals surface area contributed by atoms with Crippen molar-refractivity contribution in [2.45, 2.75) is 13.8 Å². The Labute approximate surface area is 160 Å². The maximum absolute atomic E-state index is 12.7. The van der Waals surface area contributed by atoms with Crippen molar-refractivity contribution in [1.82, 2.24) is 10.1 Å². The topological polar surface area (TPSA) is 68.0 Å². The normalized spacial score (nSPS) is 10.7. The number of carbonyl (C=O) groups excluding carboxylic acids is 1. The summed E-state index contributed by atoms with van der Waals surface area (Å²) >= 11 is 1.52. The molecule has 0 aliphatic carbocycles. The van der Waals surface area contributed by atoms with Gasteiger partial charge in [0.25, 0.3) is 5.91 Å². The third-order valence-electron chi connectivity index (χ3n) is 4.17. The van der Waals surface area contributed by atoms with Gasteiger partial charge in [0.15, 0.2) is 5.69 Å². The molecule has 6 heteroatoms. The Kier molecular flexibility index (Phi) is 4.56. The predicted molar refractivity (Wildman–Crippen MR) is 107 cm³/mol. The Hall–Kier alpha value is -3.25. The number of anilines is 1. The number of hydrogen-bond acceptors (Lipinski definition) is 5. The van der Waals surface area contributed by atoms with E-state index in [0.29, 0.717) is 22.7 Å². The summed E-state index contributed by atoms with van der Waals surface area (Å²) in [5, 5.41) is 9.63. The second kappa shape index (κ2) is 7.17. The molecule has 0 saturated carbocycles. The van der Waals surface area contributed by atoms with Gasteiger partial charge in [-0.1, -0.05) is 53.2 Å². The molecule has 0 fully saturated rings. The molecular formula is C21H17N3O2S. The molecule has 0 spiro atoms. The van der Waals surface area contributed by atoms with E-state index in [2.05, 4.69) is 15.5 Å². The Morgan fingerprint density at radius 3 is 2.52 bits per heavy atom. The van der Waals surface area contributed by atoms with E-state index < -0.39 is 0 Å². The van der Waals surface area contributed by atoms with Crippen molar-refractivity contribution in [1.29, 1.82) is 0 Å². The molecule has 27 heavy (non-hydrogen) atoms. The van der Waals surface area contributed by atoms with Crippen LogP contribution >= 0.6 is 11.3 Å². The van der Waals surface area contributed by atoms with Crippen LogP contribution in [0.15, 0.2) is 64.5 Å². The molecule has 0 aliphatic heterocycles. The largest absolute Gasteiger partial charge is 0.360 e. The summed E-state index contributed by atoms with van der Waals surface area (Å²) in [6, 6.07) is 17.5. The number of aryl methyl sites for hydroxylation is 2. The number of hydrogen-bond donors (Lipinski definition) is 1. The molecule has 1 amide bonds. The van der Waals surface area contributed by atoms with Gasteiger partial charge >= 0.3 is 0 Å². The second-order valence-electron chi connectivity index (χ2n) is 6.19. The highest BCUT2D eigenvalue weighted by Gasteiger charge is 2.23. The van der Waals surface area contributed by atoms with E-state index in [-0.39, 0.29) is 11.6 Å². The van der Waals surface area contributed by atoms with Crippen LogP contribution in [-0.4, -0.2) is 16.0 Å². The van der Waals surface area contributed by atoms with E-state index in [1.54, 1.807) is 6.92 Å². The van der Waals surface area contributed by atoms with Crippen LogP contribution in [0.3, 0.4) is 0 Å². The van der Waals surface area contributed by atoms with Crippen molar-refractivity contribution < 1.29 is 9.32 Å². The highest BCUT2D eigenvalue weighted by Crippen LogP contribution is 2.32.